The second kappa shape index (κ2) is 6.01. The van der Waals surface area contributed by atoms with Crippen molar-refractivity contribution in [1.29, 1.82) is 0 Å². The lowest BCUT2D eigenvalue weighted by Crippen LogP contribution is -2.25. The zero-order valence-electron chi connectivity index (χ0n) is 10.8. The van der Waals surface area contributed by atoms with Crippen LogP contribution in [-0.2, 0) is 17.8 Å². The molecule has 0 aliphatic rings. The van der Waals surface area contributed by atoms with Gasteiger partial charge in [0.05, 0.1) is 12.1 Å². The molecule has 1 aromatic heterocycles. The number of nitrogens with one attached hydrogen (secondary N) is 1. The van der Waals surface area contributed by atoms with Gasteiger partial charge >= 0.3 is 0 Å². The van der Waals surface area contributed by atoms with Gasteiger partial charge in [-0.05, 0) is 26.8 Å². The summed E-state index contributed by atoms with van der Waals surface area (Å²) in [5.41, 5.74) is -0.0697. The largest absolute Gasteiger partial charge is 0.379 e. The molecule has 16 heavy (non-hydrogen) atoms. The molecule has 4 heteroatoms. The summed E-state index contributed by atoms with van der Waals surface area (Å²) in [6.45, 7) is 9.05. The molecule has 0 saturated carbocycles. The van der Waals surface area contributed by atoms with Crippen molar-refractivity contribution < 1.29 is 4.74 Å². The molecular weight excluding hydrogens is 202 g/mol. The minimum absolute atomic E-state index is 0.0697. The standard InChI is InChI=1S/C12H23N3O/c1-5-13-10-11-14-7-9-15(11)8-6-12(2,3)16-4/h7,9,13H,5-6,8,10H2,1-4H3. The maximum atomic E-state index is 5.41. The third-order valence-corrected chi connectivity index (χ3v) is 2.84. The SMILES string of the molecule is CCNCc1nccn1CCC(C)(C)OC. The predicted octanol–water partition coefficient (Wildman–Crippen LogP) is 1.81. The lowest BCUT2D eigenvalue weighted by Gasteiger charge is -2.23. The zero-order chi connectivity index (χ0) is 12.0. The minimum Gasteiger partial charge on any atom is -0.379 e. The molecule has 0 bridgehead atoms. The average Bonchev–Trinajstić information content (AvgIpc) is 2.71. The fourth-order valence-corrected chi connectivity index (χ4v) is 1.44. The summed E-state index contributed by atoms with van der Waals surface area (Å²) in [7, 11) is 1.76. The molecule has 1 aromatic rings. The number of imidazole rings is 1. The number of hydrogen-bond acceptors (Lipinski definition) is 3. The fraction of sp³-hybridized carbons (Fsp3) is 0.750. The minimum atomic E-state index is -0.0697. The normalized spacial score (nSPS) is 12.0. The van der Waals surface area contributed by atoms with Crippen molar-refractivity contribution in [1.82, 2.24) is 14.9 Å². The first-order valence-corrected chi connectivity index (χ1v) is 5.85. The van der Waals surface area contributed by atoms with Crippen molar-refractivity contribution in [2.75, 3.05) is 13.7 Å². The van der Waals surface area contributed by atoms with Crippen LogP contribution in [0.4, 0.5) is 0 Å². The van der Waals surface area contributed by atoms with Crippen LogP contribution in [0.5, 0.6) is 0 Å². The number of ether oxygens (including phenoxy) is 1. The van der Waals surface area contributed by atoms with Gasteiger partial charge in [-0.25, -0.2) is 4.98 Å². The summed E-state index contributed by atoms with van der Waals surface area (Å²) in [6.07, 6.45) is 4.86. The van der Waals surface area contributed by atoms with Crippen molar-refractivity contribution in [3.8, 4) is 0 Å². The second-order valence-electron chi connectivity index (χ2n) is 4.53. The molecule has 0 saturated heterocycles. The molecule has 0 aliphatic heterocycles. The van der Waals surface area contributed by atoms with Gasteiger partial charge in [-0.1, -0.05) is 6.92 Å². The number of aryl methyl sites for hydroxylation is 1. The summed E-state index contributed by atoms with van der Waals surface area (Å²) in [4.78, 5) is 4.34. The molecule has 0 aromatic carbocycles. The first-order chi connectivity index (χ1) is 7.59. The van der Waals surface area contributed by atoms with Crippen LogP contribution in [-0.4, -0.2) is 28.8 Å². The Bertz CT molecular complexity index is 307. The van der Waals surface area contributed by atoms with Crippen LogP contribution < -0.4 is 5.32 Å². The van der Waals surface area contributed by atoms with Crippen molar-refractivity contribution in [3.63, 3.8) is 0 Å². The summed E-state index contributed by atoms with van der Waals surface area (Å²) in [6, 6.07) is 0. The van der Waals surface area contributed by atoms with E-state index in [0.717, 1.165) is 31.9 Å². The molecule has 0 aliphatic carbocycles. The zero-order valence-corrected chi connectivity index (χ0v) is 10.8. The molecule has 0 fully saturated rings. The van der Waals surface area contributed by atoms with Crippen LogP contribution in [0.25, 0.3) is 0 Å². The molecule has 92 valence electrons. The van der Waals surface area contributed by atoms with Crippen molar-refractivity contribution in [2.45, 2.75) is 45.9 Å². The Morgan fingerprint density at radius 1 is 1.50 bits per heavy atom. The number of rotatable bonds is 7. The van der Waals surface area contributed by atoms with Crippen LogP contribution in [0.1, 0.15) is 33.0 Å². The second-order valence-corrected chi connectivity index (χ2v) is 4.53. The van der Waals surface area contributed by atoms with Gasteiger partial charge < -0.3 is 14.6 Å². The van der Waals surface area contributed by atoms with E-state index in [1.165, 1.54) is 0 Å². The molecule has 0 atom stereocenters. The average molecular weight is 225 g/mol. The van der Waals surface area contributed by atoms with E-state index in [-0.39, 0.29) is 5.60 Å². The highest BCUT2D eigenvalue weighted by molar-refractivity contribution is 4.92. The third kappa shape index (κ3) is 3.94. The van der Waals surface area contributed by atoms with Gasteiger partial charge in [-0.15, -0.1) is 0 Å². The fourth-order valence-electron chi connectivity index (χ4n) is 1.44. The van der Waals surface area contributed by atoms with Gasteiger partial charge in [-0.3, -0.25) is 0 Å². The van der Waals surface area contributed by atoms with Gasteiger partial charge in [0, 0.05) is 26.0 Å². The van der Waals surface area contributed by atoms with Gasteiger partial charge in [0.25, 0.3) is 0 Å². The van der Waals surface area contributed by atoms with Gasteiger partial charge in [-0.2, -0.15) is 0 Å². The van der Waals surface area contributed by atoms with E-state index in [2.05, 4.69) is 35.6 Å². The smallest absolute Gasteiger partial charge is 0.122 e. The van der Waals surface area contributed by atoms with E-state index in [1.54, 1.807) is 7.11 Å². The predicted molar refractivity (Wildman–Crippen MR) is 65.3 cm³/mol. The first-order valence-electron chi connectivity index (χ1n) is 5.85. The van der Waals surface area contributed by atoms with E-state index in [4.69, 9.17) is 4.74 Å². The maximum Gasteiger partial charge on any atom is 0.122 e. The van der Waals surface area contributed by atoms with Crippen LogP contribution in [0.2, 0.25) is 0 Å². The Kier molecular flexibility index (Phi) is 4.96. The highest BCUT2D eigenvalue weighted by atomic mass is 16.5. The molecule has 1 rings (SSSR count). The van der Waals surface area contributed by atoms with E-state index in [0.29, 0.717) is 0 Å². The number of hydrogen-bond donors (Lipinski definition) is 1. The van der Waals surface area contributed by atoms with E-state index >= 15 is 0 Å². The topological polar surface area (TPSA) is 39.1 Å². The Morgan fingerprint density at radius 2 is 2.25 bits per heavy atom. The number of nitrogens with zero attached hydrogens (tertiary/aromatic N) is 2. The Morgan fingerprint density at radius 3 is 2.88 bits per heavy atom. The van der Waals surface area contributed by atoms with Gasteiger partial charge in [0.2, 0.25) is 0 Å². The maximum absolute atomic E-state index is 5.41. The summed E-state index contributed by atoms with van der Waals surface area (Å²) in [5.74, 6) is 1.09. The quantitative estimate of drug-likeness (QED) is 0.769. The summed E-state index contributed by atoms with van der Waals surface area (Å²) in [5, 5.41) is 3.29. The number of aromatic nitrogens is 2. The van der Waals surface area contributed by atoms with Crippen molar-refractivity contribution >= 4 is 0 Å². The number of methoxy groups -OCH3 is 1. The molecule has 1 N–H and O–H groups in total. The van der Waals surface area contributed by atoms with E-state index < -0.39 is 0 Å². The Balaban J connectivity index is 2.50. The van der Waals surface area contributed by atoms with Crippen molar-refractivity contribution in [2.24, 2.45) is 0 Å². The first kappa shape index (κ1) is 13.2. The van der Waals surface area contributed by atoms with Crippen LogP contribution >= 0.6 is 0 Å². The van der Waals surface area contributed by atoms with E-state index in [9.17, 15) is 0 Å². The molecule has 0 radical (unpaired) electrons. The molecular formula is C12H23N3O. The molecule has 0 spiro atoms. The molecule has 1 heterocycles. The van der Waals surface area contributed by atoms with Crippen LogP contribution in [0.3, 0.4) is 0 Å². The Labute approximate surface area is 98.0 Å². The summed E-state index contributed by atoms with van der Waals surface area (Å²) < 4.78 is 7.59. The summed E-state index contributed by atoms with van der Waals surface area (Å²) >= 11 is 0. The van der Waals surface area contributed by atoms with Crippen molar-refractivity contribution in [3.05, 3.63) is 18.2 Å². The highest BCUT2D eigenvalue weighted by Crippen LogP contribution is 2.14. The molecule has 0 unspecified atom stereocenters. The molecule has 4 nitrogen and oxygen atoms in total. The Hall–Kier alpha value is -0.870. The lowest BCUT2D eigenvalue weighted by atomic mass is 10.1. The van der Waals surface area contributed by atoms with Gasteiger partial charge in [0.15, 0.2) is 0 Å². The van der Waals surface area contributed by atoms with Crippen LogP contribution in [0, 0.1) is 0 Å². The lowest BCUT2D eigenvalue weighted by molar-refractivity contribution is 0.0119. The van der Waals surface area contributed by atoms with E-state index in [1.807, 2.05) is 12.4 Å². The highest BCUT2D eigenvalue weighted by Gasteiger charge is 2.16. The third-order valence-electron chi connectivity index (χ3n) is 2.84. The van der Waals surface area contributed by atoms with Gasteiger partial charge in [0.1, 0.15) is 5.82 Å². The van der Waals surface area contributed by atoms with Crippen LogP contribution in [0.15, 0.2) is 12.4 Å². The molecule has 0 amide bonds. The monoisotopic (exact) mass is 225 g/mol.